The van der Waals surface area contributed by atoms with Crippen molar-refractivity contribution in [2.24, 2.45) is 7.05 Å². The van der Waals surface area contributed by atoms with Gasteiger partial charge in [-0.1, -0.05) is 11.6 Å². The zero-order valence-electron chi connectivity index (χ0n) is 8.40. The minimum absolute atomic E-state index is 0.255. The number of hydrogen-bond donors (Lipinski definition) is 2. The van der Waals surface area contributed by atoms with Gasteiger partial charge in [-0.2, -0.15) is 0 Å². The second-order valence-electron chi connectivity index (χ2n) is 3.15. The maximum Gasteiger partial charge on any atom is 0.343 e. The third-order valence-electron chi connectivity index (χ3n) is 2.01. The summed E-state index contributed by atoms with van der Waals surface area (Å²) in [6, 6.07) is 5.20. The molecule has 3 N–H and O–H groups in total. The molecule has 2 aromatic rings. The molecule has 0 spiro atoms. The molecule has 0 atom stereocenters. The molecule has 0 aliphatic carbocycles. The molecule has 1 aromatic carbocycles. The van der Waals surface area contributed by atoms with Crippen molar-refractivity contribution in [3.63, 3.8) is 0 Å². The molecule has 16 heavy (non-hydrogen) atoms. The predicted molar refractivity (Wildman–Crippen MR) is 63.8 cm³/mol. The highest BCUT2D eigenvalue weighted by Crippen LogP contribution is 2.31. The van der Waals surface area contributed by atoms with Crippen LogP contribution >= 0.6 is 23.4 Å². The largest absolute Gasteiger partial charge is 0.398 e. The van der Waals surface area contributed by atoms with Crippen LogP contribution in [0.4, 0.5) is 5.69 Å². The number of benzene rings is 1. The van der Waals surface area contributed by atoms with Crippen LogP contribution in [0.3, 0.4) is 0 Å². The number of aromatic nitrogens is 3. The van der Waals surface area contributed by atoms with E-state index in [2.05, 4.69) is 10.2 Å². The van der Waals surface area contributed by atoms with E-state index in [0.29, 0.717) is 15.9 Å². The molecule has 0 radical (unpaired) electrons. The molecule has 0 unspecified atom stereocenters. The number of nitrogens with two attached hydrogens (primary N) is 1. The van der Waals surface area contributed by atoms with Crippen molar-refractivity contribution < 1.29 is 0 Å². The Bertz CT molecular complexity index is 577. The van der Waals surface area contributed by atoms with Gasteiger partial charge in [0.1, 0.15) is 0 Å². The highest BCUT2D eigenvalue weighted by atomic mass is 35.5. The molecule has 0 amide bonds. The second kappa shape index (κ2) is 4.23. The molecular formula is C9H9ClN4OS. The zero-order valence-corrected chi connectivity index (χ0v) is 9.97. The lowest BCUT2D eigenvalue weighted by Crippen LogP contribution is -2.12. The number of nitrogen functional groups attached to an aromatic ring is 1. The average molecular weight is 257 g/mol. The Morgan fingerprint density at radius 2 is 2.31 bits per heavy atom. The van der Waals surface area contributed by atoms with E-state index in [1.807, 2.05) is 0 Å². The van der Waals surface area contributed by atoms with Gasteiger partial charge < -0.3 is 5.73 Å². The maximum atomic E-state index is 11.1. The Hall–Kier alpha value is -1.40. The van der Waals surface area contributed by atoms with Crippen LogP contribution in [-0.4, -0.2) is 14.8 Å². The monoisotopic (exact) mass is 256 g/mol. The number of nitrogens with zero attached hydrogens (tertiary/aromatic N) is 2. The Morgan fingerprint density at radius 1 is 1.56 bits per heavy atom. The van der Waals surface area contributed by atoms with Gasteiger partial charge in [-0.05, 0) is 30.0 Å². The van der Waals surface area contributed by atoms with Crippen LogP contribution in [0.5, 0.6) is 0 Å². The lowest BCUT2D eigenvalue weighted by Gasteiger charge is -2.04. The lowest BCUT2D eigenvalue weighted by molar-refractivity contribution is 0.766. The molecule has 0 bridgehead atoms. The van der Waals surface area contributed by atoms with E-state index in [1.54, 1.807) is 25.2 Å². The number of nitrogens with one attached hydrogen (secondary N) is 1. The molecule has 1 aromatic heterocycles. The maximum absolute atomic E-state index is 11.1. The highest BCUT2D eigenvalue weighted by molar-refractivity contribution is 7.99. The first-order chi connectivity index (χ1) is 7.58. The van der Waals surface area contributed by atoms with Gasteiger partial charge in [-0.25, -0.2) is 9.89 Å². The summed E-state index contributed by atoms with van der Waals surface area (Å²) in [6.07, 6.45) is 0. The van der Waals surface area contributed by atoms with Crippen LogP contribution in [0, 0.1) is 0 Å². The number of rotatable bonds is 2. The van der Waals surface area contributed by atoms with Crippen LogP contribution in [0.1, 0.15) is 0 Å². The topological polar surface area (TPSA) is 76.7 Å². The fraction of sp³-hybridized carbons (Fsp3) is 0.111. The van der Waals surface area contributed by atoms with Crippen LogP contribution in [0.2, 0.25) is 5.02 Å². The summed E-state index contributed by atoms with van der Waals surface area (Å²) in [5.41, 5.74) is 6.10. The summed E-state index contributed by atoms with van der Waals surface area (Å²) in [5, 5.41) is 7.37. The normalized spacial score (nSPS) is 10.6. The minimum atomic E-state index is -0.255. The third-order valence-corrected chi connectivity index (χ3v) is 3.39. The summed E-state index contributed by atoms with van der Waals surface area (Å²) >= 11 is 7.10. The first-order valence-corrected chi connectivity index (χ1v) is 5.61. The van der Waals surface area contributed by atoms with Crippen molar-refractivity contribution in [3.05, 3.63) is 33.7 Å². The molecule has 0 saturated heterocycles. The predicted octanol–water partition coefficient (Wildman–Crippen LogP) is 1.50. The quantitative estimate of drug-likeness (QED) is 0.799. The minimum Gasteiger partial charge on any atom is -0.398 e. The van der Waals surface area contributed by atoms with Gasteiger partial charge >= 0.3 is 5.69 Å². The van der Waals surface area contributed by atoms with Crippen molar-refractivity contribution in [2.45, 2.75) is 10.1 Å². The van der Waals surface area contributed by atoms with Crippen molar-refractivity contribution in [1.29, 1.82) is 0 Å². The van der Waals surface area contributed by atoms with Crippen molar-refractivity contribution in [1.82, 2.24) is 14.8 Å². The Morgan fingerprint density at radius 3 is 2.88 bits per heavy atom. The van der Waals surface area contributed by atoms with Crippen molar-refractivity contribution in [2.75, 3.05) is 5.73 Å². The van der Waals surface area contributed by atoms with Gasteiger partial charge in [0.2, 0.25) is 0 Å². The molecular weight excluding hydrogens is 248 g/mol. The number of hydrogen-bond acceptors (Lipinski definition) is 4. The summed E-state index contributed by atoms with van der Waals surface area (Å²) in [7, 11) is 1.64. The van der Waals surface area contributed by atoms with Gasteiger partial charge in [0, 0.05) is 22.7 Å². The summed E-state index contributed by atoms with van der Waals surface area (Å²) < 4.78 is 1.42. The summed E-state index contributed by atoms with van der Waals surface area (Å²) in [6.45, 7) is 0. The van der Waals surface area contributed by atoms with E-state index in [4.69, 9.17) is 17.3 Å². The highest BCUT2D eigenvalue weighted by Gasteiger charge is 2.08. The molecule has 84 valence electrons. The van der Waals surface area contributed by atoms with Gasteiger partial charge in [0.25, 0.3) is 0 Å². The molecule has 0 aliphatic rings. The molecule has 0 fully saturated rings. The molecule has 0 aliphatic heterocycles. The Kier molecular flexibility index (Phi) is 2.93. The Balaban J connectivity index is 2.34. The van der Waals surface area contributed by atoms with E-state index < -0.39 is 0 Å². The zero-order chi connectivity index (χ0) is 11.7. The third kappa shape index (κ3) is 2.07. The fourth-order valence-corrected chi connectivity index (χ4v) is 2.14. The van der Waals surface area contributed by atoms with Crippen molar-refractivity contribution in [3.8, 4) is 0 Å². The Labute approximate surface area is 101 Å². The molecule has 2 rings (SSSR count). The van der Waals surface area contributed by atoms with Gasteiger partial charge in [-0.3, -0.25) is 4.57 Å². The smallest absolute Gasteiger partial charge is 0.343 e. The fourth-order valence-electron chi connectivity index (χ4n) is 1.13. The van der Waals surface area contributed by atoms with E-state index in [1.165, 1.54) is 16.3 Å². The first kappa shape index (κ1) is 11.1. The SMILES string of the molecule is Cn1c(Sc2ccc(Cl)cc2N)n[nH]c1=O. The van der Waals surface area contributed by atoms with Crippen molar-refractivity contribution >= 4 is 29.1 Å². The van der Waals surface area contributed by atoms with Gasteiger partial charge in [0.05, 0.1) is 0 Å². The van der Waals surface area contributed by atoms with Crippen LogP contribution in [0.15, 0.2) is 33.0 Å². The molecule has 5 nitrogen and oxygen atoms in total. The van der Waals surface area contributed by atoms with E-state index in [9.17, 15) is 4.79 Å². The first-order valence-electron chi connectivity index (χ1n) is 4.42. The molecule has 0 saturated carbocycles. The summed E-state index contributed by atoms with van der Waals surface area (Å²) in [5.74, 6) is 0. The van der Waals surface area contributed by atoms with Crippen LogP contribution < -0.4 is 11.4 Å². The second-order valence-corrected chi connectivity index (χ2v) is 4.60. The summed E-state index contributed by atoms with van der Waals surface area (Å²) in [4.78, 5) is 12.0. The number of H-pyrrole nitrogens is 1. The average Bonchev–Trinajstić information content (AvgIpc) is 2.54. The van der Waals surface area contributed by atoms with E-state index in [0.717, 1.165) is 4.90 Å². The molecule has 7 heteroatoms. The molecule has 1 heterocycles. The van der Waals surface area contributed by atoms with Crippen LogP contribution in [-0.2, 0) is 7.05 Å². The number of aromatic amines is 1. The lowest BCUT2D eigenvalue weighted by atomic mass is 10.3. The number of halogens is 1. The number of anilines is 1. The van der Waals surface area contributed by atoms with Crippen LogP contribution in [0.25, 0.3) is 0 Å². The van der Waals surface area contributed by atoms with Gasteiger partial charge in [0.15, 0.2) is 5.16 Å². The van der Waals surface area contributed by atoms with E-state index in [-0.39, 0.29) is 5.69 Å². The van der Waals surface area contributed by atoms with Gasteiger partial charge in [-0.15, -0.1) is 5.10 Å². The standard InChI is InChI=1S/C9H9ClN4OS/c1-14-8(15)12-13-9(14)16-7-3-2-5(10)4-6(7)11/h2-4H,11H2,1H3,(H,12,15). The van der Waals surface area contributed by atoms with E-state index >= 15 is 0 Å².